The fraction of sp³-hybridized carbons (Fsp3) is 0.118. The average Bonchev–Trinajstić information content (AvgIpc) is 3.01. The van der Waals surface area contributed by atoms with Gasteiger partial charge in [0, 0.05) is 5.75 Å². The first-order chi connectivity index (χ1) is 11.2. The van der Waals surface area contributed by atoms with Crippen LogP contribution in [0.2, 0.25) is 0 Å². The molecule has 23 heavy (non-hydrogen) atoms. The molecule has 0 atom stereocenters. The molecule has 0 unspecified atom stereocenters. The van der Waals surface area contributed by atoms with E-state index in [1.54, 1.807) is 53.2 Å². The van der Waals surface area contributed by atoms with Gasteiger partial charge >= 0.3 is 0 Å². The Morgan fingerprint density at radius 1 is 1.13 bits per heavy atom. The van der Waals surface area contributed by atoms with Gasteiger partial charge in [-0.1, -0.05) is 41.6 Å². The molecule has 2 aromatic carbocycles. The molecule has 1 N–H and O–H groups in total. The number of hydrogen-bond acceptors (Lipinski definition) is 5. The zero-order valence-electron chi connectivity index (χ0n) is 12.6. The molecule has 1 heterocycles. The number of benzene rings is 2. The van der Waals surface area contributed by atoms with Crippen molar-refractivity contribution in [1.82, 2.24) is 14.9 Å². The van der Waals surface area contributed by atoms with Gasteiger partial charge in [0.25, 0.3) is 0 Å². The minimum Gasteiger partial charge on any atom is -0.508 e. The number of aromatic hydroxyl groups is 1. The molecular weight excluding hydrogens is 308 g/mol. The molecule has 116 valence electrons. The lowest BCUT2D eigenvalue weighted by Gasteiger charge is -2.02. The Kier molecular flexibility index (Phi) is 4.73. The van der Waals surface area contributed by atoms with Gasteiger partial charge in [0.2, 0.25) is 5.16 Å². The molecule has 6 heteroatoms. The van der Waals surface area contributed by atoms with E-state index >= 15 is 0 Å². The summed E-state index contributed by atoms with van der Waals surface area (Å²) in [5, 5.41) is 22.4. The quantitative estimate of drug-likeness (QED) is 0.576. The fourth-order valence-corrected chi connectivity index (χ4v) is 2.73. The van der Waals surface area contributed by atoms with E-state index in [0.29, 0.717) is 0 Å². The van der Waals surface area contributed by atoms with Gasteiger partial charge in [-0.15, -0.1) is 10.2 Å². The van der Waals surface area contributed by atoms with E-state index in [1.165, 1.54) is 11.1 Å². The molecule has 1 aromatic heterocycles. The Morgan fingerprint density at radius 2 is 1.87 bits per heavy atom. The third-order valence-corrected chi connectivity index (χ3v) is 4.22. The molecule has 5 nitrogen and oxygen atoms in total. The number of hydrogen-bond donors (Lipinski definition) is 1. The molecule has 0 spiro atoms. The molecule has 0 radical (unpaired) electrons. The molecule has 0 amide bonds. The van der Waals surface area contributed by atoms with Crippen molar-refractivity contribution in [3.63, 3.8) is 0 Å². The van der Waals surface area contributed by atoms with E-state index in [9.17, 15) is 5.11 Å². The summed E-state index contributed by atoms with van der Waals surface area (Å²) in [5.41, 5.74) is 3.38. The summed E-state index contributed by atoms with van der Waals surface area (Å²) in [7, 11) is 0. The van der Waals surface area contributed by atoms with Gasteiger partial charge in [0.05, 0.1) is 6.21 Å². The normalized spacial score (nSPS) is 11.2. The SMILES string of the molecule is Cc1ccc(CSc2nncn2N=Cc2ccc(O)cc2)cc1. The maximum absolute atomic E-state index is 9.28. The number of phenols is 1. The van der Waals surface area contributed by atoms with Gasteiger partial charge < -0.3 is 5.11 Å². The van der Waals surface area contributed by atoms with Crippen LogP contribution in [0.15, 0.2) is 65.1 Å². The molecule has 3 rings (SSSR count). The van der Waals surface area contributed by atoms with Crippen molar-refractivity contribution >= 4 is 18.0 Å². The highest BCUT2D eigenvalue weighted by Gasteiger charge is 2.04. The molecule has 3 aromatic rings. The Bertz CT molecular complexity index is 794. The van der Waals surface area contributed by atoms with Crippen LogP contribution < -0.4 is 0 Å². The lowest BCUT2D eigenvalue weighted by atomic mass is 10.2. The number of nitrogens with zero attached hydrogens (tertiary/aromatic N) is 4. The van der Waals surface area contributed by atoms with Gasteiger partial charge in [-0.05, 0) is 42.3 Å². The summed E-state index contributed by atoms with van der Waals surface area (Å²) in [6, 6.07) is 15.3. The topological polar surface area (TPSA) is 63.3 Å². The summed E-state index contributed by atoms with van der Waals surface area (Å²) in [6.45, 7) is 2.07. The largest absolute Gasteiger partial charge is 0.508 e. The second-order valence-corrected chi connectivity index (χ2v) is 6.01. The minimum absolute atomic E-state index is 0.237. The van der Waals surface area contributed by atoms with Crippen LogP contribution in [-0.4, -0.2) is 26.2 Å². The first-order valence-corrected chi connectivity index (χ1v) is 8.11. The van der Waals surface area contributed by atoms with Gasteiger partial charge in [-0.3, -0.25) is 0 Å². The van der Waals surface area contributed by atoms with Crippen molar-refractivity contribution in [2.75, 3.05) is 0 Å². The molecule has 0 aliphatic heterocycles. The van der Waals surface area contributed by atoms with Crippen LogP contribution in [0.25, 0.3) is 0 Å². The zero-order valence-corrected chi connectivity index (χ0v) is 13.4. The lowest BCUT2D eigenvalue weighted by molar-refractivity contribution is 0.475. The van der Waals surface area contributed by atoms with E-state index in [-0.39, 0.29) is 5.75 Å². The summed E-state index contributed by atoms with van der Waals surface area (Å²) in [6.07, 6.45) is 3.28. The highest BCUT2D eigenvalue weighted by molar-refractivity contribution is 7.98. The van der Waals surface area contributed by atoms with Crippen LogP contribution in [0.3, 0.4) is 0 Å². The van der Waals surface area contributed by atoms with Crippen LogP contribution in [-0.2, 0) is 5.75 Å². The van der Waals surface area contributed by atoms with Crippen LogP contribution in [0, 0.1) is 6.92 Å². The predicted octanol–water partition coefficient (Wildman–Crippen LogP) is 3.47. The number of phenolic OH excluding ortho intramolecular Hbond substituents is 1. The highest BCUT2D eigenvalue weighted by Crippen LogP contribution is 2.20. The average molecular weight is 324 g/mol. The number of aryl methyl sites for hydroxylation is 1. The third-order valence-electron chi connectivity index (χ3n) is 3.21. The van der Waals surface area contributed by atoms with E-state index < -0.39 is 0 Å². The summed E-state index contributed by atoms with van der Waals surface area (Å²) in [4.78, 5) is 0. The van der Waals surface area contributed by atoms with Crippen molar-refractivity contribution in [3.8, 4) is 5.75 Å². The van der Waals surface area contributed by atoms with Crippen LogP contribution in [0.1, 0.15) is 16.7 Å². The van der Waals surface area contributed by atoms with Crippen molar-refractivity contribution in [2.45, 2.75) is 17.8 Å². The first kappa shape index (κ1) is 15.3. The molecule has 0 saturated heterocycles. The predicted molar refractivity (Wildman–Crippen MR) is 91.9 cm³/mol. The smallest absolute Gasteiger partial charge is 0.212 e. The fourth-order valence-electron chi connectivity index (χ4n) is 1.91. The lowest BCUT2D eigenvalue weighted by Crippen LogP contribution is -1.92. The first-order valence-electron chi connectivity index (χ1n) is 7.12. The Hall–Kier alpha value is -2.60. The maximum Gasteiger partial charge on any atom is 0.212 e. The second-order valence-electron chi connectivity index (χ2n) is 5.07. The van der Waals surface area contributed by atoms with Gasteiger partial charge in [-0.2, -0.15) is 9.78 Å². The molecule has 0 aliphatic rings. The number of aromatic nitrogens is 3. The summed E-state index contributed by atoms with van der Waals surface area (Å²) >= 11 is 1.59. The Balaban J connectivity index is 1.67. The van der Waals surface area contributed by atoms with Crippen molar-refractivity contribution in [2.24, 2.45) is 5.10 Å². The maximum atomic E-state index is 9.28. The minimum atomic E-state index is 0.237. The zero-order chi connectivity index (χ0) is 16.1. The van der Waals surface area contributed by atoms with Crippen LogP contribution >= 0.6 is 11.8 Å². The Labute approximate surface area is 138 Å². The van der Waals surface area contributed by atoms with Gasteiger partial charge in [-0.25, -0.2) is 0 Å². The van der Waals surface area contributed by atoms with Crippen molar-refractivity contribution in [1.29, 1.82) is 0 Å². The summed E-state index contributed by atoms with van der Waals surface area (Å²) in [5.74, 6) is 1.05. The second kappa shape index (κ2) is 7.11. The molecule has 0 saturated carbocycles. The molecule has 0 fully saturated rings. The van der Waals surface area contributed by atoms with Crippen LogP contribution in [0.5, 0.6) is 5.75 Å². The monoisotopic (exact) mass is 324 g/mol. The number of rotatable bonds is 5. The standard InChI is InChI=1S/C17H16N4OS/c1-13-2-4-15(5-3-13)11-23-17-20-18-12-21(17)19-10-14-6-8-16(22)9-7-14/h2-10,12,22H,11H2,1H3. The van der Waals surface area contributed by atoms with E-state index in [4.69, 9.17) is 0 Å². The van der Waals surface area contributed by atoms with E-state index in [2.05, 4.69) is 46.5 Å². The third kappa shape index (κ3) is 4.20. The van der Waals surface area contributed by atoms with Crippen molar-refractivity contribution in [3.05, 3.63) is 71.5 Å². The van der Waals surface area contributed by atoms with E-state index in [0.717, 1.165) is 16.5 Å². The summed E-state index contributed by atoms with van der Waals surface area (Å²) < 4.78 is 1.64. The number of thioether (sulfide) groups is 1. The molecular formula is C17H16N4OS. The van der Waals surface area contributed by atoms with Crippen LogP contribution in [0.4, 0.5) is 0 Å². The van der Waals surface area contributed by atoms with Gasteiger partial charge in [0.15, 0.2) is 0 Å². The van der Waals surface area contributed by atoms with E-state index in [1.807, 2.05) is 0 Å². The molecule has 0 bridgehead atoms. The van der Waals surface area contributed by atoms with Crippen molar-refractivity contribution < 1.29 is 5.11 Å². The van der Waals surface area contributed by atoms with Gasteiger partial charge in [0.1, 0.15) is 12.1 Å². The highest BCUT2D eigenvalue weighted by atomic mass is 32.2. The Morgan fingerprint density at radius 3 is 2.61 bits per heavy atom. The molecule has 0 aliphatic carbocycles.